The first-order valence-electron chi connectivity index (χ1n) is 16.4. The van der Waals surface area contributed by atoms with Gasteiger partial charge < -0.3 is 24.5 Å². The largest absolute Gasteiger partial charge is 0.494 e. The zero-order valence-corrected chi connectivity index (χ0v) is 27.6. The number of anilines is 1. The van der Waals surface area contributed by atoms with E-state index in [1.54, 1.807) is 28.8 Å². The topological polar surface area (TPSA) is 90.4 Å². The Morgan fingerprint density at radius 2 is 1.77 bits per heavy atom. The third-order valence-corrected chi connectivity index (χ3v) is 11.6. The third kappa shape index (κ3) is 6.45. The van der Waals surface area contributed by atoms with E-state index in [-0.39, 0.29) is 35.5 Å². The van der Waals surface area contributed by atoms with Crippen LogP contribution < -0.4 is 9.64 Å². The molecule has 3 heterocycles. The van der Waals surface area contributed by atoms with E-state index in [4.69, 9.17) is 4.74 Å². The summed E-state index contributed by atoms with van der Waals surface area (Å²) in [6.45, 7) is 16.6. The fourth-order valence-electron chi connectivity index (χ4n) is 7.56. The summed E-state index contributed by atoms with van der Waals surface area (Å²) in [5, 5.41) is 9.20. The maximum atomic E-state index is 14.6. The molecule has 242 valence electrons. The predicted molar refractivity (Wildman–Crippen MR) is 178 cm³/mol. The molecule has 1 aromatic rings. The fourth-order valence-corrected chi connectivity index (χ4v) is 9.97. The van der Waals surface area contributed by atoms with E-state index in [9.17, 15) is 19.5 Å². The second kappa shape index (κ2) is 15.5. The molecule has 0 aromatic heterocycles. The molecule has 1 spiro atoms. The van der Waals surface area contributed by atoms with E-state index in [0.717, 1.165) is 56.4 Å². The number of thioether (sulfide) groups is 1. The maximum absolute atomic E-state index is 14.6. The minimum atomic E-state index is -0.658. The van der Waals surface area contributed by atoms with Crippen LogP contribution in [-0.4, -0.2) is 88.1 Å². The smallest absolute Gasteiger partial charge is 0.247 e. The lowest BCUT2D eigenvalue weighted by atomic mass is 9.65. The van der Waals surface area contributed by atoms with Crippen molar-refractivity contribution in [3.8, 4) is 5.75 Å². The van der Waals surface area contributed by atoms with Gasteiger partial charge in [-0.15, -0.1) is 24.9 Å². The van der Waals surface area contributed by atoms with Crippen molar-refractivity contribution in [2.24, 2.45) is 17.8 Å². The van der Waals surface area contributed by atoms with Gasteiger partial charge in [-0.3, -0.25) is 14.4 Å². The molecule has 3 saturated heterocycles. The van der Waals surface area contributed by atoms with Gasteiger partial charge in [0, 0.05) is 43.7 Å². The number of aliphatic hydroxyl groups is 1. The molecule has 3 aliphatic rings. The van der Waals surface area contributed by atoms with Gasteiger partial charge in [0.15, 0.2) is 0 Å². The predicted octanol–water partition coefficient (Wildman–Crippen LogP) is 5.31. The molecule has 1 aromatic carbocycles. The molecular weight excluding hydrogens is 574 g/mol. The highest BCUT2D eigenvalue weighted by molar-refractivity contribution is 8.02. The number of carbonyl (C=O) groups excluding carboxylic acids is 3. The Balaban J connectivity index is 1.71. The molecule has 9 heteroatoms. The molecule has 8 nitrogen and oxygen atoms in total. The Hall–Kier alpha value is -2.78. The molecular formula is C35H51N3O5S. The molecule has 3 amide bonds. The number of ether oxygens (including phenoxy) is 1. The first-order valence-corrected chi connectivity index (χ1v) is 17.3. The van der Waals surface area contributed by atoms with Gasteiger partial charge in [0.05, 0.1) is 23.2 Å². The summed E-state index contributed by atoms with van der Waals surface area (Å²) in [4.78, 5) is 49.1. The van der Waals surface area contributed by atoms with Crippen LogP contribution in [0.1, 0.15) is 65.7 Å². The van der Waals surface area contributed by atoms with Crippen LogP contribution in [0, 0.1) is 17.8 Å². The number of hydrogen-bond donors (Lipinski definition) is 1. The number of carbonyl (C=O) groups is 3. The van der Waals surface area contributed by atoms with Gasteiger partial charge in [-0.25, -0.2) is 0 Å². The molecule has 3 aliphatic heterocycles. The minimum absolute atomic E-state index is 0.0212. The SMILES string of the molecule is C=CCN(CCCC)C(=O)C1N(CCCCCCO)C(=O)[C@@H]2[C@@H](C(=O)N(CC=C)c3ccc(OCC)cc3)[C@H]3CC(C)C12S3. The molecule has 3 unspecified atom stereocenters. The molecule has 1 N–H and O–H groups in total. The second-order valence-electron chi connectivity index (χ2n) is 12.3. The van der Waals surface area contributed by atoms with Crippen LogP contribution in [0.3, 0.4) is 0 Å². The van der Waals surface area contributed by atoms with Gasteiger partial charge in [0.2, 0.25) is 17.7 Å². The standard InChI is InChI=1S/C35H51N3O5S/c1-6-10-21-36(19-7-2)34(42)31-35-25(5)24-28(44-35)29(30(35)33(41)38(31)22-13-11-12-14-23-39)32(40)37(20-8-3)26-15-17-27(18-16-26)43-9-4/h7-8,15-18,25,28-31,39H,2-3,6,9-14,19-24H2,1,4-5H3/t25?,28-,29+,30+,31?,35?/m1/s1. The second-order valence-corrected chi connectivity index (χ2v) is 13.9. The van der Waals surface area contributed by atoms with Crippen LogP contribution >= 0.6 is 11.8 Å². The number of likely N-dealkylation sites (tertiary alicyclic amines) is 1. The number of benzene rings is 1. The van der Waals surface area contributed by atoms with E-state index in [1.165, 1.54) is 0 Å². The number of fused-ring (bicyclic) bond motifs is 1. The van der Waals surface area contributed by atoms with Crippen molar-refractivity contribution in [1.82, 2.24) is 9.80 Å². The van der Waals surface area contributed by atoms with Gasteiger partial charge in [0.25, 0.3) is 0 Å². The zero-order valence-electron chi connectivity index (χ0n) is 26.8. The average Bonchev–Trinajstić information content (AvgIpc) is 3.61. The third-order valence-electron chi connectivity index (χ3n) is 9.55. The summed E-state index contributed by atoms with van der Waals surface area (Å²) in [6, 6.07) is 6.87. The zero-order chi connectivity index (χ0) is 31.9. The van der Waals surface area contributed by atoms with E-state index in [0.29, 0.717) is 32.8 Å². The molecule has 6 atom stereocenters. The highest BCUT2D eigenvalue weighted by Gasteiger charge is 2.76. The van der Waals surface area contributed by atoms with Crippen molar-refractivity contribution in [1.29, 1.82) is 0 Å². The molecule has 3 fully saturated rings. The summed E-state index contributed by atoms with van der Waals surface area (Å²) in [5.74, 6) is -0.403. The summed E-state index contributed by atoms with van der Waals surface area (Å²) in [7, 11) is 0. The lowest BCUT2D eigenvalue weighted by Gasteiger charge is -2.41. The first kappa shape index (κ1) is 34.1. The van der Waals surface area contributed by atoms with Gasteiger partial charge >= 0.3 is 0 Å². The lowest BCUT2D eigenvalue weighted by molar-refractivity contribution is -0.142. The Bertz CT molecular complexity index is 1180. The van der Waals surface area contributed by atoms with Gasteiger partial charge in [0.1, 0.15) is 11.8 Å². The molecule has 0 aliphatic carbocycles. The quantitative estimate of drug-likeness (QED) is 0.176. The molecule has 2 bridgehead atoms. The van der Waals surface area contributed by atoms with Gasteiger partial charge in [-0.2, -0.15) is 0 Å². The summed E-state index contributed by atoms with van der Waals surface area (Å²) in [5.41, 5.74) is 0.740. The van der Waals surface area contributed by atoms with Crippen molar-refractivity contribution < 1.29 is 24.2 Å². The monoisotopic (exact) mass is 625 g/mol. The van der Waals surface area contributed by atoms with Crippen molar-refractivity contribution in [2.45, 2.75) is 81.8 Å². The van der Waals surface area contributed by atoms with E-state index in [2.05, 4.69) is 27.0 Å². The van der Waals surface area contributed by atoms with Crippen LogP contribution in [0.25, 0.3) is 0 Å². The molecule has 4 rings (SSSR count). The Morgan fingerprint density at radius 3 is 2.41 bits per heavy atom. The lowest BCUT2D eigenvalue weighted by Crippen LogP contribution is -2.57. The van der Waals surface area contributed by atoms with Crippen molar-refractivity contribution in [3.63, 3.8) is 0 Å². The summed E-state index contributed by atoms with van der Waals surface area (Å²) < 4.78 is 4.95. The van der Waals surface area contributed by atoms with Crippen molar-refractivity contribution >= 4 is 35.2 Å². The van der Waals surface area contributed by atoms with Crippen LogP contribution in [0.4, 0.5) is 5.69 Å². The summed E-state index contributed by atoms with van der Waals surface area (Å²) in [6.07, 6.45) is 9.33. The van der Waals surface area contributed by atoms with Gasteiger partial charge in [-0.05, 0) is 62.8 Å². The van der Waals surface area contributed by atoms with Crippen LogP contribution in [0.2, 0.25) is 0 Å². The number of nitrogens with zero attached hydrogens (tertiary/aromatic N) is 3. The number of aliphatic hydroxyl groups excluding tert-OH is 1. The van der Waals surface area contributed by atoms with Gasteiger partial charge in [-0.1, -0.05) is 45.3 Å². The Morgan fingerprint density at radius 1 is 1.07 bits per heavy atom. The number of unbranched alkanes of at least 4 members (excludes halogenated alkanes) is 4. The molecule has 0 saturated carbocycles. The fraction of sp³-hybridized carbons (Fsp3) is 0.629. The van der Waals surface area contributed by atoms with E-state index < -0.39 is 22.6 Å². The van der Waals surface area contributed by atoms with E-state index >= 15 is 0 Å². The van der Waals surface area contributed by atoms with E-state index in [1.807, 2.05) is 41.0 Å². The minimum Gasteiger partial charge on any atom is -0.494 e. The maximum Gasteiger partial charge on any atom is 0.247 e. The summed E-state index contributed by atoms with van der Waals surface area (Å²) >= 11 is 1.72. The Kier molecular flexibility index (Phi) is 12.0. The Labute approximate surface area is 267 Å². The highest BCUT2D eigenvalue weighted by Crippen LogP contribution is 2.69. The van der Waals surface area contributed by atoms with Crippen LogP contribution in [0.5, 0.6) is 5.75 Å². The van der Waals surface area contributed by atoms with Crippen molar-refractivity contribution in [3.05, 3.63) is 49.6 Å². The average molecular weight is 626 g/mol. The molecule has 44 heavy (non-hydrogen) atoms. The molecule has 0 radical (unpaired) electrons. The normalized spacial score (nSPS) is 26.9. The van der Waals surface area contributed by atoms with Crippen molar-refractivity contribution in [2.75, 3.05) is 44.3 Å². The van der Waals surface area contributed by atoms with Crippen LogP contribution in [0.15, 0.2) is 49.6 Å². The number of rotatable bonds is 18. The number of hydrogen-bond acceptors (Lipinski definition) is 6. The number of amides is 3. The van der Waals surface area contributed by atoms with Crippen LogP contribution in [-0.2, 0) is 14.4 Å². The highest BCUT2D eigenvalue weighted by atomic mass is 32.2. The first-order chi connectivity index (χ1) is 21.3.